The smallest absolute Gasteiger partial charge is 0.353 e. The van der Waals surface area contributed by atoms with Crippen LogP contribution in [-0.2, 0) is 12.1 Å². The Morgan fingerprint density at radius 1 is 1.27 bits per heavy atom. The lowest BCUT2D eigenvalue weighted by molar-refractivity contribution is -0.0582. The van der Waals surface area contributed by atoms with E-state index in [4.69, 9.17) is 0 Å². The fourth-order valence-corrected chi connectivity index (χ4v) is 3.22. The van der Waals surface area contributed by atoms with Gasteiger partial charge in [0.25, 0.3) is 0 Å². The van der Waals surface area contributed by atoms with Gasteiger partial charge in [-0.2, -0.15) is 13.9 Å². The number of nitrogens with zero attached hydrogens (tertiary/aromatic N) is 3. The standard InChI is InChI=1S/C15H15F6N3OS/c1-9(5-26-15(20,21)13(18)19)14(25,6-24-8-22-7-23-24)11-3-2-10(16)4-12(11)17/h2-4,7-9,13,25H,5-6H2,1H3/t9-,14+/m0/s1. The molecular weight excluding hydrogens is 384 g/mol. The summed E-state index contributed by atoms with van der Waals surface area (Å²) < 4.78 is 79.6. The maximum Gasteiger partial charge on any atom is 0.353 e. The molecule has 0 fully saturated rings. The normalized spacial score (nSPS) is 15.9. The van der Waals surface area contributed by atoms with E-state index in [2.05, 4.69) is 10.1 Å². The number of aliphatic hydroxyl groups is 1. The van der Waals surface area contributed by atoms with E-state index in [9.17, 15) is 31.4 Å². The monoisotopic (exact) mass is 399 g/mol. The molecule has 4 nitrogen and oxygen atoms in total. The van der Waals surface area contributed by atoms with Gasteiger partial charge in [-0.05, 0) is 6.07 Å². The highest BCUT2D eigenvalue weighted by molar-refractivity contribution is 8.00. The third kappa shape index (κ3) is 4.50. The summed E-state index contributed by atoms with van der Waals surface area (Å²) in [6.45, 7) is 0.909. The molecule has 2 aromatic rings. The first-order valence-corrected chi connectivity index (χ1v) is 8.35. The molecule has 0 aliphatic heterocycles. The van der Waals surface area contributed by atoms with Crippen molar-refractivity contribution in [2.75, 3.05) is 5.75 Å². The van der Waals surface area contributed by atoms with Gasteiger partial charge < -0.3 is 5.11 Å². The zero-order chi connectivity index (χ0) is 19.5. The molecule has 0 amide bonds. The van der Waals surface area contributed by atoms with Gasteiger partial charge in [-0.3, -0.25) is 0 Å². The number of hydrogen-bond donors (Lipinski definition) is 1. The first kappa shape index (κ1) is 20.6. The lowest BCUT2D eigenvalue weighted by Gasteiger charge is -2.35. The topological polar surface area (TPSA) is 50.9 Å². The molecule has 0 spiro atoms. The number of hydrogen-bond acceptors (Lipinski definition) is 4. The summed E-state index contributed by atoms with van der Waals surface area (Å²) in [4.78, 5) is 3.67. The Kier molecular flexibility index (Phi) is 6.22. The van der Waals surface area contributed by atoms with Crippen molar-refractivity contribution in [2.24, 2.45) is 5.92 Å². The zero-order valence-corrected chi connectivity index (χ0v) is 14.2. The van der Waals surface area contributed by atoms with Crippen LogP contribution < -0.4 is 0 Å². The van der Waals surface area contributed by atoms with Gasteiger partial charge in [-0.1, -0.05) is 24.8 Å². The van der Waals surface area contributed by atoms with Crippen molar-refractivity contribution < 1.29 is 31.4 Å². The molecule has 0 unspecified atom stereocenters. The van der Waals surface area contributed by atoms with Crippen molar-refractivity contribution in [3.63, 3.8) is 0 Å². The van der Waals surface area contributed by atoms with Gasteiger partial charge in [-0.15, -0.1) is 0 Å². The van der Waals surface area contributed by atoms with Crippen LogP contribution in [0, 0.1) is 17.6 Å². The van der Waals surface area contributed by atoms with E-state index in [-0.39, 0.29) is 17.3 Å². The molecule has 0 aliphatic carbocycles. The molecule has 144 valence electrons. The van der Waals surface area contributed by atoms with E-state index in [1.165, 1.54) is 13.3 Å². The van der Waals surface area contributed by atoms with E-state index in [0.717, 1.165) is 23.1 Å². The van der Waals surface area contributed by atoms with Crippen LogP contribution in [-0.4, -0.2) is 37.3 Å². The van der Waals surface area contributed by atoms with E-state index >= 15 is 0 Å². The molecule has 1 N–H and O–H groups in total. The maximum absolute atomic E-state index is 14.2. The van der Waals surface area contributed by atoms with Gasteiger partial charge in [0.1, 0.15) is 29.9 Å². The van der Waals surface area contributed by atoms with E-state index < -0.39 is 47.1 Å². The van der Waals surface area contributed by atoms with Gasteiger partial charge in [0, 0.05) is 23.3 Å². The molecule has 0 saturated heterocycles. The molecule has 1 aromatic carbocycles. The van der Waals surface area contributed by atoms with Crippen LogP contribution in [0.1, 0.15) is 12.5 Å². The van der Waals surface area contributed by atoms with E-state index in [0.29, 0.717) is 6.07 Å². The predicted octanol–water partition coefficient (Wildman–Crippen LogP) is 3.67. The molecule has 0 aliphatic rings. The minimum absolute atomic E-state index is 0.347. The Labute approximate surface area is 149 Å². The van der Waals surface area contributed by atoms with Gasteiger partial charge in [0.15, 0.2) is 0 Å². The van der Waals surface area contributed by atoms with Crippen LogP contribution in [0.2, 0.25) is 0 Å². The van der Waals surface area contributed by atoms with Crippen LogP contribution in [0.25, 0.3) is 0 Å². The number of thioether (sulfide) groups is 1. The third-order valence-electron chi connectivity index (χ3n) is 3.86. The Hall–Kier alpha value is -1.75. The number of alkyl halides is 4. The Bertz CT molecular complexity index is 730. The van der Waals surface area contributed by atoms with Crippen molar-refractivity contribution in [3.8, 4) is 0 Å². The SMILES string of the molecule is C[C@@H](CSC(F)(F)C(F)F)[C@](O)(Cn1cncn1)c1ccc(F)cc1F. The third-order valence-corrected chi connectivity index (χ3v) is 5.09. The van der Waals surface area contributed by atoms with E-state index in [1.54, 1.807) is 0 Å². The fraction of sp³-hybridized carbons (Fsp3) is 0.467. The molecule has 0 radical (unpaired) electrons. The Morgan fingerprint density at radius 3 is 2.50 bits per heavy atom. The number of halogens is 6. The summed E-state index contributed by atoms with van der Waals surface area (Å²) in [7, 11) is 0. The van der Waals surface area contributed by atoms with Crippen LogP contribution in [0.4, 0.5) is 26.3 Å². The minimum Gasteiger partial charge on any atom is -0.383 e. The predicted molar refractivity (Wildman–Crippen MR) is 82.8 cm³/mol. The second-order valence-electron chi connectivity index (χ2n) is 5.72. The average Bonchev–Trinajstić information content (AvgIpc) is 3.04. The van der Waals surface area contributed by atoms with E-state index in [1.807, 2.05) is 0 Å². The highest BCUT2D eigenvalue weighted by Crippen LogP contribution is 2.41. The molecule has 0 bridgehead atoms. The van der Waals surface area contributed by atoms with Crippen molar-refractivity contribution in [2.45, 2.75) is 30.7 Å². The lowest BCUT2D eigenvalue weighted by Crippen LogP contribution is -2.41. The second-order valence-corrected chi connectivity index (χ2v) is 6.88. The number of aromatic nitrogens is 3. The van der Waals surface area contributed by atoms with Crippen LogP contribution in [0.3, 0.4) is 0 Å². The molecule has 11 heteroatoms. The van der Waals surface area contributed by atoms with Crippen LogP contribution in [0.5, 0.6) is 0 Å². The average molecular weight is 399 g/mol. The van der Waals surface area contributed by atoms with Crippen LogP contribution in [0.15, 0.2) is 30.9 Å². The molecule has 2 rings (SSSR count). The van der Waals surface area contributed by atoms with Gasteiger partial charge in [0.05, 0.1) is 6.54 Å². The first-order chi connectivity index (χ1) is 12.1. The summed E-state index contributed by atoms with van der Waals surface area (Å²) in [6, 6.07) is 2.42. The second kappa shape index (κ2) is 7.87. The highest BCUT2D eigenvalue weighted by atomic mass is 32.2. The summed E-state index contributed by atoms with van der Waals surface area (Å²) in [5, 5.41) is 10.5. The maximum atomic E-state index is 14.2. The molecule has 0 saturated carbocycles. The molecular formula is C15H15F6N3OS. The summed E-state index contributed by atoms with van der Waals surface area (Å²) in [5.41, 5.74) is -2.47. The highest BCUT2D eigenvalue weighted by Gasteiger charge is 2.45. The van der Waals surface area contributed by atoms with Gasteiger partial charge in [-0.25, -0.2) is 27.2 Å². The quantitative estimate of drug-likeness (QED) is 0.689. The molecule has 1 aromatic heterocycles. The Morgan fingerprint density at radius 2 is 1.96 bits per heavy atom. The Balaban J connectivity index is 2.33. The zero-order valence-electron chi connectivity index (χ0n) is 13.4. The molecule has 26 heavy (non-hydrogen) atoms. The molecule has 2 atom stereocenters. The van der Waals surface area contributed by atoms with Crippen molar-refractivity contribution >= 4 is 11.8 Å². The number of benzene rings is 1. The van der Waals surface area contributed by atoms with Crippen molar-refractivity contribution in [1.29, 1.82) is 0 Å². The fourth-order valence-electron chi connectivity index (χ4n) is 2.35. The van der Waals surface area contributed by atoms with Gasteiger partial charge in [0.2, 0.25) is 0 Å². The molecule has 1 heterocycles. The summed E-state index contributed by atoms with van der Waals surface area (Å²) in [6.07, 6.45) is -1.53. The van der Waals surface area contributed by atoms with Crippen LogP contribution >= 0.6 is 11.8 Å². The largest absolute Gasteiger partial charge is 0.383 e. The lowest BCUT2D eigenvalue weighted by atomic mass is 9.82. The minimum atomic E-state index is -4.32. The first-order valence-electron chi connectivity index (χ1n) is 7.36. The van der Waals surface area contributed by atoms with Crippen molar-refractivity contribution in [1.82, 2.24) is 14.8 Å². The number of rotatable bonds is 8. The summed E-state index contributed by atoms with van der Waals surface area (Å²) in [5.74, 6) is -3.70. The van der Waals surface area contributed by atoms with Crippen molar-refractivity contribution in [3.05, 3.63) is 48.1 Å². The summed E-state index contributed by atoms with van der Waals surface area (Å²) >= 11 is -0.347. The van der Waals surface area contributed by atoms with Gasteiger partial charge >= 0.3 is 11.7 Å².